The molecule has 0 spiro atoms. The first-order chi connectivity index (χ1) is 14.5. The first kappa shape index (κ1) is 19.8. The Kier molecular flexibility index (Phi) is 5.35. The molecule has 0 fully saturated rings. The van der Waals surface area contributed by atoms with E-state index in [0.29, 0.717) is 11.5 Å². The second-order valence-corrected chi connectivity index (χ2v) is 7.61. The van der Waals surface area contributed by atoms with Crippen LogP contribution in [0.3, 0.4) is 0 Å². The van der Waals surface area contributed by atoms with Crippen molar-refractivity contribution in [1.29, 1.82) is 0 Å². The Labute approximate surface area is 175 Å². The van der Waals surface area contributed by atoms with Crippen molar-refractivity contribution in [1.82, 2.24) is 24.5 Å². The lowest BCUT2D eigenvalue weighted by molar-refractivity contribution is -0.116. The molecule has 4 aromatic rings. The van der Waals surface area contributed by atoms with Gasteiger partial charge in [0.05, 0.1) is 5.69 Å². The third-order valence-electron chi connectivity index (χ3n) is 5.15. The fraction of sp³-hybridized carbons (Fsp3) is 0.304. The van der Waals surface area contributed by atoms with Crippen molar-refractivity contribution in [3.8, 4) is 11.1 Å². The van der Waals surface area contributed by atoms with Crippen molar-refractivity contribution in [2.45, 2.75) is 47.2 Å². The lowest BCUT2D eigenvalue weighted by Gasteiger charge is -2.06. The molecule has 7 heteroatoms. The summed E-state index contributed by atoms with van der Waals surface area (Å²) in [5, 5.41) is 12.9. The molecule has 30 heavy (non-hydrogen) atoms. The molecule has 0 aliphatic carbocycles. The van der Waals surface area contributed by atoms with Crippen LogP contribution in [0.25, 0.3) is 22.2 Å². The summed E-state index contributed by atoms with van der Waals surface area (Å²) < 4.78 is 3.56. The minimum atomic E-state index is -0.178. The number of carbonyl (C=O) groups excluding carboxylic acids is 1. The van der Waals surface area contributed by atoms with Gasteiger partial charge in [-0.05, 0) is 44.4 Å². The number of rotatable bonds is 6. The maximum atomic E-state index is 12.7. The van der Waals surface area contributed by atoms with Crippen molar-refractivity contribution in [2.24, 2.45) is 0 Å². The molecule has 0 bridgehead atoms. The summed E-state index contributed by atoms with van der Waals surface area (Å²) in [5.74, 6) is 0.385. The topological polar surface area (TPSA) is 77.6 Å². The normalized spacial score (nSPS) is 11.2. The predicted molar refractivity (Wildman–Crippen MR) is 118 cm³/mol. The molecule has 0 atom stereocenters. The fourth-order valence-corrected chi connectivity index (χ4v) is 3.69. The molecule has 4 rings (SSSR count). The Morgan fingerprint density at radius 3 is 2.53 bits per heavy atom. The Morgan fingerprint density at radius 2 is 1.80 bits per heavy atom. The van der Waals surface area contributed by atoms with Crippen molar-refractivity contribution in [3.63, 3.8) is 0 Å². The Bertz CT molecular complexity index is 1200. The minimum Gasteiger partial charge on any atom is -0.308 e. The first-order valence-corrected chi connectivity index (χ1v) is 10.2. The number of aryl methyl sites for hydroxylation is 4. The van der Waals surface area contributed by atoms with E-state index < -0.39 is 0 Å². The maximum absolute atomic E-state index is 12.7. The monoisotopic (exact) mass is 402 g/mol. The largest absolute Gasteiger partial charge is 0.308 e. The highest BCUT2D eigenvalue weighted by atomic mass is 16.2. The quantitative estimate of drug-likeness (QED) is 0.522. The van der Waals surface area contributed by atoms with Crippen LogP contribution in [0.4, 0.5) is 5.82 Å². The van der Waals surface area contributed by atoms with Crippen LogP contribution in [0.15, 0.2) is 42.6 Å². The minimum absolute atomic E-state index is 0.0778. The molecule has 0 unspecified atom stereocenters. The van der Waals surface area contributed by atoms with Crippen molar-refractivity contribution in [3.05, 3.63) is 59.5 Å². The third kappa shape index (κ3) is 3.83. The Hall–Kier alpha value is -3.48. The Balaban J connectivity index is 1.60. The van der Waals surface area contributed by atoms with Crippen molar-refractivity contribution in [2.75, 3.05) is 5.32 Å². The molecule has 154 valence electrons. The fourth-order valence-electron chi connectivity index (χ4n) is 3.69. The van der Waals surface area contributed by atoms with E-state index in [0.717, 1.165) is 40.9 Å². The smallest absolute Gasteiger partial charge is 0.247 e. The van der Waals surface area contributed by atoms with Gasteiger partial charge in [-0.2, -0.15) is 10.2 Å². The average Bonchev–Trinajstić information content (AvgIpc) is 3.22. The molecule has 3 heterocycles. The van der Waals surface area contributed by atoms with Gasteiger partial charge in [-0.25, -0.2) is 9.67 Å². The van der Waals surface area contributed by atoms with E-state index in [9.17, 15) is 4.79 Å². The molecular weight excluding hydrogens is 376 g/mol. The molecule has 0 aliphatic heterocycles. The summed E-state index contributed by atoms with van der Waals surface area (Å²) in [7, 11) is 0. The molecule has 0 aliphatic rings. The van der Waals surface area contributed by atoms with Gasteiger partial charge < -0.3 is 5.32 Å². The summed E-state index contributed by atoms with van der Waals surface area (Å²) in [6, 6.07) is 12.3. The number of amides is 1. The van der Waals surface area contributed by atoms with Crippen LogP contribution in [-0.2, 0) is 17.9 Å². The molecule has 3 aromatic heterocycles. The SMILES string of the molecule is CCCn1nc(NC(=O)Cn2nc(C)c3c(-c4ccc(C)cc4)ccnc32)cc1C. The van der Waals surface area contributed by atoms with E-state index in [1.165, 1.54) is 5.56 Å². The number of nitrogens with one attached hydrogen (secondary N) is 1. The number of hydrogen-bond donors (Lipinski definition) is 1. The number of aromatic nitrogens is 5. The summed E-state index contributed by atoms with van der Waals surface area (Å²) in [4.78, 5) is 17.2. The van der Waals surface area contributed by atoms with Crippen LogP contribution in [-0.4, -0.2) is 30.5 Å². The number of pyridine rings is 1. The van der Waals surface area contributed by atoms with E-state index in [-0.39, 0.29) is 12.5 Å². The number of nitrogens with zero attached hydrogens (tertiary/aromatic N) is 5. The molecule has 0 radical (unpaired) electrons. The van der Waals surface area contributed by atoms with Crippen LogP contribution in [0.5, 0.6) is 0 Å². The molecule has 1 aromatic carbocycles. The molecular formula is C23H26N6O. The van der Waals surface area contributed by atoms with Crippen molar-refractivity contribution < 1.29 is 4.79 Å². The lowest BCUT2D eigenvalue weighted by atomic mass is 10.0. The Morgan fingerprint density at radius 1 is 1.03 bits per heavy atom. The lowest BCUT2D eigenvalue weighted by Crippen LogP contribution is -2.20. The second-order valence-electron chi connectivity index (χ2n) is 7.61. The van der Waals surface area contributed by atoms with Gasteiger partial charge in [0.15, 0.2) is 11.5 Å². The number of anilines is 1. The molecule has 1 amide bonds. The number of carbonyl (C=O) groups is 1. The number of benzene rings is 1. The number of hydrogen-bond acceptors (Lipinski definition) is 4. The van der Waals surface area contributed by atoms with Crippen LogP contribution in [0.1, 0.15) is 30.3 Å². The second kappa shape index (κ2) is 8.10. The van der Waals surface area contributed by atoms with Gasteiger partial charge in [0.1, 0.15) is 6.54 Å². The van der Waals surface area contributed by atoms with Gasteiger partial charge in [-0.15, -0.1) is 0 Å². The van der Waals surface area contributed by atoms with Crippen molar-refractivity contribution >= 4 is 22.8 Å². The van der Waals surface area contributed by atoms with Crippen LogP contribution in [0, 0.1) is 20.8 Å². The zero-order valence-electron chi connectivity index (χ0n) is 17.8. The van der Waals surface area contributed by atoms with Gasteiger partial charge in [-0.3, -0.25) is 9.48 Å². The number of fused-ring (bicyclic) bond motifs is 1. The summed E-state index contributed by atoms with van der Waals surface area (Å²) in [5.41, 5.74) is 5.97. The maximum Gasteiger partial charge on any atom is 0.247 e. The highest BCUT2D eigenvalue weighted by molar-refractivity contribution is 5.96. The average molecular weight is 403 g/mol. The van der Waals surface area contributed by atoms with Gasteiger partial charge in [0.2, 0.25) is 5.91 Å². The van der Waals surface area contributed by atoms with Crippen LogP contribution in [0.2, 0.25) is 0 Å². The highest BCUT2D eigenvalue weighted by Gasteiger charge is 2.16. The molecule has 1 N–H and O–H groups in total. The van der Waals surface area contributed by atoms with Gasteiger partial charge in [-0.1, -0.05) is 36.8 Å². The van der Waals surface area contributed by atoms with E-state index in [1.807, 2.05) is 30.7 Å². The van der Waals surface area contributed by atoms with Crippen LogP contribution >= 0.6 is 0 Å². The third-order valence-corrected chi connectivity index (χ3v) is 5.15. The van der Waals surface area contributed by atoms with E-state index in [4.69, 9.17) is 0 Å². The highest BCUT2D eigenvalue weighted by Crippen LogP contribution is 2.30. The van der Waals surface area contributed by atoms with E-state index >= 15 is 0 Å². The van der Waals surface area contributed by atoms with Gasteiger partial charge in [0, 0.05) is 29.9 Å². The molecule has 7 nitrogen and oxygen atoms in total. The van der Waals surface area contributed by atoms with Crippen LogP contribution < -0.4 is 5.32 Å². The molecule has 0 saturated heterocycles. The van der Waals surface area contributed by atoms with E-state index in [2.05, 4.69) is 58.6 Å². The zero-order valence-corrected chi connectivity index (χ0v) is 17.8. The van der Waals surface area contributed by atoms with Gasteiger partial charge >= 0.3 is 0 Å². The zero-order chi connectivity index (χ0) is 21.3. The summed E-state index contributed by atoms with van der Waals surface area (Å²) in [6.45, 7) is 9.01. The molecule has 0 saturated carbocycles. The standard InChI is InChI=1S/C23H26N6O/c1-5-12-28-16(3)13-20(27-28)25-21(30)14-29-23-22(17(4)26-29)19(10-11-24-23)18-8-6-15(2)7-9-18/h6-11,13H,5,12,14H2,1-4H3,(H,25,27,30). The van der Waals surface area contributed by atoms with E-state index in [1.54, 1.807) is 10.9 Å². The summed E-state index contributed by atoms with van der Waals surface area (Å²) in [6.07, 6.45) is 2.76. The van der Waals surface area contributed by atoms with Gasteiger partial charge in [0.25, 0.3) is 0 Å². The predicted octanol–water partition coefficient (Wildman–Crippen LogP) is 4.27. The summed E-state index contributed by atoms with van der Waals surface area (Å²) >= 11 is 0. The first-order valence-electron chi connectivity index (χ1n) is 10.2.